The molecule has 0 radical (unpaired) electrons. The first-order chi connectivity index (χ1) is 36.5. The van der Waals surface area contributed by atoms with Crippen molar-refractivity contribution in [2.45, 2.75) is 398 Å². The van der Waals surface area contributed by atoms with Crippen LogP contribution >= 0.6 is 0 Å². The van der Waals surface area contributed by atoms with Crippen molar-refractivity contribution in [2.24, 2.45) is 0 Å². The summed E-state index contributed by atoms with van der Waals surface area (Å²) in [5.74, 6) is -0.0554. The minimum atomic E-state index is -0.848. The predicted octanol–water partition coefficient (Wildman–Crippen LogP) is 21.6. The number of allylic oxidation sites excluding steroid dienone is 1. The molecule has 0 aromatic rings. The number of hydrogen-bond donors (Lipinski definition) is 3. The van der Waals surface area contributed by atoms with E-state index in [4.69, 9.17) is 4.74 Å². The Labute approximate surface area is 463 Å². The lowest BCUT2D eigenvalue weighted by molar-refractivity contribution is -0.143. The van der Waals surface area contributed by atoms with Crippen molar-refractivity contribution in [3.05, 3.63) is 12.2 Å². The molecule has 74 heavy (non-hydrogen) atoms. The second-order valence-electron chi connectivity index (χ2n) is 23.5. The summed E-state index contributed by atoms with van der Waals surface area (Å²) in [6.45, 7) is 4.94. The average Bonchev–Trinajstić information content (AvgIpc) is 3.40. The zero-order chi connectivity index (χ0) is 53.6. The molecule has 6 nitrogen and oxygen atoms in total. The van der Waals surface area contributed by atoms with Gasteiger partial charge in [-0.2, -0.15) is 0 Å². The van der Waals surface area contributed by atoms with Gasteiger partial charge in [0, 0.05) is 12.8 Å². The van der Waals surface area contributed by atoms with Gasteiger partial charge in [0.15, 0.2) is 0 Å². The van der Waals surface area contributed by atoms with Crippen molar-refractivity contribution >= 4 is 11.9 Å². The second kappa shape index (κ2) is 64.1. The van der Waals surface area contributed by atoms with Crippen LogP contribution in [0.2, 0.25) is 0 Å². The van der Waals surface area contributed by atoms with Crippen LogP contribution in [0, 0.1) is 0 Å². The van der Waals surface area contributed by atoms with E-state index in [2.05, 4.69) is 19.2 Å². The Hall–Kier alpha value is -1.40. The molecule has 0 spiro atoms. The highest BCUT2D eigenvalue weighted by Crippen LogP contribution is 2.19. The quantitative estimate of drug-likeness (QED) is 0.0320. The van der Waals surface area contributed by atoms with E-state index >= 15 is 0 Å². The Bertz CT molecular complexity index is 1110. The predicted molar refractivity (Wildman–Crippen MR) is 324 cm³/mol. The van der Waals surface area contributed by atoms with Crippen LogP contribution in [-0.2, 0) is 14.3 Å². The average molecular weight is 1040 g/mol. The van der Waals surface area contributed by atoms with E-state index in [-0.39, 0.29) is 18.5 Å². The van der Waals surface area contributed by atoms with Gasteiger partial charge in [-0.25, -0.2) is 0 Å². The van der Waals surface area contributed by atoms with Crippen molar-refractivity contribution in [3.8, 4) is 0 Å². The number of nitrogens with one attached hydrogen (secondary N) is 1. The fourth-order valence-electron chi connectivity index (χ4n) is 10.9. The molecule has 0 heterocycles. The maximum Gasteiger partial charge on any atom is 0.305 e. The van der Waals surface area contributed by atoms with Gasteiger partial charge in [0.1, 0.15) is 0 Å². The molecule has 6 heteroatoms. The summed E-state index contributed by atoms with van der Waals surface area (Å²) in [6, 6.07) is -0.631. The molecule has 0 aromatic carbocycles. The lowest BCUT2D eigenvalue weighted by atomic mass is 10.0. The molecule has 2 atom stereocenters. The van der Waals surface area contributed by atoms with E-state index in [1.165, 1.54) is 321 Å². The minimum absolute atomic E-state index is 0.0121. The van der Waals surface area contributed by atoms with Gasteiger partial charge in [-0.1, -0.05) is 353 Å². The smallest absolute Gasteiger partial charge is 0.305 e. The van der Waals surface area contributed by atoms with E-state index < -0.39 is 12.1 Å². The zero-order valence-corrected chi connectivity index (χ0v) is 50.4. The molecule has 0 bridgehead atoms. The van der Waals surface area contributed by atoms with Crippen molar-refractivity contribution in [2.75, 3.05) is 13.2 Å². The molecule has 0 aliphatic carbocycles. The Kier molecular flexibility index (Phi) is 62.9. The number of aliphatic hydroxyl groups excluding tert-OH is 2. The summed E-state index contributed by atoms with van der Waals surface area (Å²) in [6.07, 6.45) is 78.4. The number of aliphatic hydroxyl groups is 2. The maximum absolute atomic E-state index is 12.5. The number of rotatable bonds is 64. The van der Waals surface area contributed by atoms with Crippen molar-refractivity contribution in [1.29, 1.82) is 0 Å². The van der Waals surface area contributed by atoms with Gasteiger partial charge in [-0.05, 0) is 32.1 Å². The molecule has 0 rings (SSSR count). The van der Waals surface area contributed by atoms with Gasteiger partial charge >= 0.3 is 5.97 Å². The zero-order valence-electron chi connectivity index (χ0n) is 50.4. The number of ether oxygens (including phenoxy) is 1. The molecular weight excluding hydrogens is 911 g/mol. The Morgan fingerprint density at radius 3 is 0.919 bits per heavy atom. The Balaban J connectivity index is 3.41. The molecule has 0 aliphatic heterocycles. The Morgan fingerprint density at radius 2 is 0.622 bits per heavy atom. The molecule has 3 N–H and O–H groups in total. The van der Waals surface area contributed by atoms with Crippen molar-refractivity contribution < 1.29 is 24.5 Å². The second-order valence-corrected chi connectivity index (χ2v) is 23.5. The van der Waals surface area contributed by atoms with Crippen LogP contribution in [0.3, 0.4) is 0 Å². The van der Waals surface area contributed by atoms with E-state index in [0.717, 1.165) is 38.5 Å². The van der Waals surface area contributed by atoms with Crippen LogP contribution in [0.5, 0.6) is 0 Å². The number of amides is 1. The molecular formula is C68H133NO5. The van der Waals surface area contributed by atoms with Gasteiger partial charge in [-0.15, -0.1) is 0 Å². The number of hydrogen-bond acceptors (Lipinski definition) is 5. The maximum atomic E-state index is 12.5. The van der Waals surface area contributed by atoms with Gasteiger partial charge in [-0.3, -0.25) is 9.59 Å². The van der Waals surface area contributed by atoms with Crippen LogP contribution < -0.4 is 5.32 Å². The summed E-state index contributed by atoms with van der Waals surface area (Å²) in [5, 5.41) is 23.2. The summed E-state index contributed by atoms with van der Waals surface area (Å²) >= 11 is 0. The summed E-state index contributed by atoms with van der Waals surface area (Å²) in [4.78, 5) is 24.6. The Morgan fingerprint density at radius 1 is 0.365 bits per heavy atom. The lowest BCUT2D eigenvalue weighted by Gasteiger charge is -2.20. The third-order valence-electron chi connectivity index (χ3n) is 16.1. The first-order valence-corrected chi connectivity index (χ1v) is 34.0. The van der Waals surface area contributed by atoms with Crippen LogP contribution in [0.25, 0.3) is 0 Å². The van der Waals surface area contributed by atoms with E-state index in [0.29, 0.717) is 19.4 Å². The number of carbonyl (C=O) groups excluding carboxylic acids is 2. The van der Waals surface area contributed by atoms with Gasteiger partial charge < -0.3 is 20.3 Å². The first kappa shape index (κ1) is 72.6. The highest BCUT2D eigenvalue weighted by molar-refractivity contribution is 5.76. The molecule has 0 aromatic heterocycles. The fraction of sp³-hybridized carbons (Fsp3) is 0.941. The van der Waals surface area contributed by atoms with Gasteiger partial charge in [0.05, 0.1) is 25.4 Å². The molecule has 0 aliphatic rings. The van der Waals surface area contributed by atoms with Gasteiger partial charge in [0.2, 0.25) is 5.91 Å². The molecule has 440 valence electrons. The van der Waals surface area contributed by atoms with Crippen molar-refractivity contribution in [3.63, 3.8) is 0 Å². The molecule has 0 saturated heterocycles. The van der Waals surface area contributed by atoms with E-state index in [1.807, 2.05) is 6.08 Å². The molecule has 2 unspecified atom stereocenters. The van der Waals surface area contributed by atoms with Crippen LogP contribution in [0.1, 0.15) is 386 Å². The topological polar surface area (TPSA) is 95.9 Å². The third-order valence-corrected chi connectivity index (χ3v) is 16.1. The third kappa shape index (κ3) is 59.8. The largest absolute Gasteiger partial charge is 0.466 e. The SMILES string of the molecule is CCCCCCCCCCCCCCCCCCCCC/C=C/C(O)C(CO)NC(=O)CCCCCCCCCCCCCCCCCCCCOC(=O)CCCCCCCCCCCCCCCCCCCC. The summed E-state index contributed by atoms with van der Waals surface area (Å²) in [7, 11) is 0. The standard InChI is InChI=1S/C68H133NO5/c1-3-5-7-9-11-13-15-17-19-21-23-24-25-28-32-36-40-44-48-52-56-60-66(71)65(64-70)69-67(72)61-57-53-49-45-41-37-33-29-26-27-31-35-39-43-47-51-55-59-63-74-68(73)62-58-54-50-46-42-38-34-30-22-20-18-16-14-12-10-8-6-4-2/h56,60,65-66,70-71H,3-55,57-59,61-64H2,1-2H3,(H,69,72)/b60-56+. The van der Waals surface area contributed by atoms with Crippen LogP contribution in [-0.4, -0.2) is 47.4 Å². The number of esters is 1. The molecule has 0 saturated carbocycles. The highest BCUT2D eigenvalue weighted by atomic mass is 16.5. The monoisotopic (exact) mass is 1040 g/mol. The summed E-state index contributed by atoms with van der Waals surface area (Å²) in [5.41, 5.74) is 0. The van der Waals surface area contributed by atoms with Crippen molar-refractivity contribution in [1.82, 2.24) is 5.32 Å². The first-order valence-electron chi connectivity index (χ1n) is 34.0. The van der Waals surface area contributed by atoms with Gasteiger partial charge in [0.25, 0.3) is 0 Å². The number of carbonyl (C=O) groups is 2. The van der Waals surface area contributed by atoms with E-state index in [1.54, 1.807) is 6.08 Å². The van der Waals surface area contributed by atoms with E-state index in [9.17, 15) is 19.8 Å². The number of unbranched alkanes of at least 4 members (excludes halogenated alkanes) is 53. The fourth-order valence-corrected chi connectivity index (χ4v) is 10.9. The summed E-state index contributed by atoms with van der Waals surface area (Å²) < 4.78 is 5.50. The van der Waals surface area contributed by atoms with Crippen LogP contribution in [0.15, 0.2) is 12.2 Å². The minimum Gasteiger partial charge on any atom is -0.466 e. The lowest BCUT2D eigenvalue weighted by Crippen LogP contribution is -2.45. The molecule has 0 fully saturated rings. The van der Waals surface area contributed by atoms with Crippen LogP contribution in [0.4, 0.5) is 0 Å². The highest BCUT2D eigenvalue weighted by Gasteiger charge is 2.18. The normalized spacial score (nSPS) is 12.5. The molecule has 1 amide bonds.